The maximum absolute atomic E-state index is 12.9. The monoisotopic (exact) mass is 354 g/mol. The number of halogens is 1. The van der Waals surface area contributed by atoms with Crippen molar-refractivity contribution in [1.82, 2.24) is 19.6 Å². The molecule has 25 heavy (non-hydrogen) atoms. The zero-order chi connectivity index (χ0) is 17.6. The van der Waals surface area contributed by atoms with Gasteiger partial charge in [0.05, 0.1) is 12.2 Å². The highest BCUT2D eigenvalue weighted by atomic mass is 35.5. The molecule has 1 atom stereocenters. The summed E-state index contributed by atoms with van der Waals surface area (Å²) in [6.07, 6.45) is 3.68. The van der Waals surface area contributed by atoms with Crippen molar-refractivity contribution in [1.29, 1.82) is 0 Å². The molecule has 1 aliphatic rings. The van der Waals surface area contributed by atoms with Crippen molar-refractivity contribution in [3.8, 4) is 0 Å². The summed E-state index contributed by atoms with van der Waals surface area (Å²) in [4.78, 5) is 31.0. The third-order valence-corrected chi connectivity index (χ3v) is 4.68. The molecule has 1 aromatic carbocycles. The number of rotatable bonds is 3. The molecule has 3 heterocycles. The van der Waals surface area contributed by atoms with Crippen LogP contribution < -0.4 is 5.32 Å². The molecular weight excluding hydrogens is 340 g/mol. The first kappa shape index (κ1) is 15.7. The Kier molecular flexibility index (Phi) is 3.51. The molecule has 0 bridgehead atoms. The molecule has 2 aromatic heterocycles. The molecule has 3 aromatic rings. The molecule has 126 valence electrons. The number of benzene rings is 1. The molecule has 0 spiro atoms. The Morgan fingerprint density at radius 3 is 2.64 bits per heavy atom. The molecule has 0 aliphatic carbocycles. The average molecular weight is 355 g/mol. The van der Waals surface area contributed by atoms with Gasteiger partial charge in [0.15, 0.2) is 0 Å². The molecule has 7 heteroatoms. The molecule has 3 amide bonds. The second kappa shape index (κ2) is 5.60. The summed E-state index contributed by atoms with van der Waals surface area (Å²) in [7, 11) is 0. The standard InChI is InChI=1S/C18H15ClN4O2/c1-18(12-5-7-13(19)8-6-12)16(24)23(17(25)21-18)11-14-10-22-9-3-2-4-15(22)20-14/h2-10H,11H2,1H3,(H,21,25). The van der Waals surface area contributed by atoms with Crippen LogP contribution in [-0.4, -0.2) is 26.2 Å². The summed E-state index contributed by atoms with van der Waals surface area (Å²) in [5.41, 5.74) is 0.994. The maximum Gasteiger partial charge on any atom is 0.325 e. The second-order valence-electron chi connectivity index (χ2n) is 6.15. The summed E-state index contributed by atoms with van der Waals surface area (Å²) < 4.78 is 1.85. The van der Waals surface area contributed by atoms with E-state index in [-0.39, 0.29) is 12.5 Å². The first-order valence-corrected chi connectivity index (χ1v) is 8.18. The summed E-state index contributed by atoms with van der Waals surface area (Å²) in [5.74, 6) is -0.308. The average Bonchev–Trinajstić information content (AvgIpc) is 3.10. The summed E-state index contributed by atoms with van der Waals surface area (Å²) in [6, 6.07) is 12.1. The third kappa shape index (κ3) is 2.55. The van der Waals surface area contributed by atoms with Crippen LogP contribution in [0, 0.1) is 0 Å². The molecule has 1 unspecified atom stereocenters. The zero-order valence-corrected chi connectivity index (χ0v) is 14.2. The van der Waals surface area contributed by atoms with E-state index in [1.807, 2.05) is 35.0 Å². The van der Waals surface area contributed by atoms with E-state index >= 15 is 0 Å². The number of pyridine rings is 1. The topological polar surface area (TPSA) is 66.7 Å². The van der Waals surface area contributed by atoms with Crippen LogP contribution in [0.5, 0.6) is 0 Å². The Balaban J connectivity index is 1.63. The van der Waals surface area contributed by atoms with Gasteiger partial charge in [0.2, 0.25) is 0 Å². The quantitative estimate of drug-likeness (QED) is 0.735. The van der Waals surface area contributed by atoms with Crippen molar-refractivity contribution in [3.63, 3.8) is 0 Å². The Hall–Kier alpha value is -2.86. The van der Waals surface area contributed by atoms with Crippen molar-refractivity contribution in [2.75, 3.05) is 0 Å². The number of nitrogens with one attached hydrogen (secondary N) is 1. The number of urea groups is 1. The lowest BCUT2D eigenvalue weighted by molar-refractivity contribution is -0.131. The Labute approximate surface area is 149 Å². The fraction of sp³-hybridized carbons (Fsp3) is 0.167. The van der Waals surface area contributed by atoms with Crippen LogP contribution in [0.2, 0.25) is 5.02 Å². The van der Waals surface area contributed by atoms with Gasteiger partial charge in [-0.2, -0.15) is 0 Å². The molecule has 1 fully saturated rings. The summed E-state index contributed by atoms with van der Waals surface area (Å²) in [5, 5.41) is 3.35. The van der Waals surface area contributed by atoms with Crippen LogP contribution >= 0.6 is 11.6 Å². The molecule has 1 N–H and O–H groups in total. The first-order chi connectivity index (χ1) is 12.0. The minimum absolute atomic E-state index is 0.121. The van der Waals surface area contributed by atoms with Crippen LogP contribution in [0.4, 0.5) is 4.79 Å². The van der Waals surface area contributed by atoms with E-state index in [0.717, 1.165) is 5.65 Å². The van der Waals surface area contributed by atoms with Crippen LogP contribution in [-0.2, 0) is 16.9 Å². The SMILES string of the molecule is CC1(c2ccc(Cl)cc2)NC(=O)N(Cc2cn3ccccc3n2)C1=O. The van der Waals surface area contributed by atoms with Gasteiger partial charge < -0.3 is 9.72 Å². The molecule has 1 aliphatic heterocycles. The predicted octanol–water partition coefficient (Wildman–Crippen LogP) is 2.95. The molecule has 4 rings (SSSR count). The van der Waals surface area contributed by atoms with E-state index in [9.17, 15) is 9.59 Å². The van der Waals surface area contributed by atoms with Gasteiger partial charge in [-0.25, -0.2) is 9.78 Å². The van der Waals surface area contributed by atoms with E-state index in [2.05, 4.69) is 10.3 Å². The van der Waals surface area contributed by atoms with Crippen molar-refractivity contribution in [2.45, 2.75) is 19.0 Å². The lowest BCUT2D eigenvalue weighted by Crippen LogP contribution is -2.40. The molecular formula is C18H15ClN4O2. The fourth-order valence-corrected chi connectivity index (χ4v) is 3.17. The molecule has 6 nitrogen and oxygen atoms in total. The van der Waals surface area contributed by atoms with Crippen LogP contribution in [0.1, 0.15) is 18.2 Å². The fourth-order valence-electron chi connectivity index (χ4n) is 3.04. The maximum atomic E-state index is 12.9. The van der Waals surface area contributed by atoms with E-state index < -0.39 is 11.6 Å². The number of carbonyl (C=O) groups excluding carboxylic acids is 2. The van der Waals surface area contributed by atoms with Gasteiger partial charge in [-0.15, -0.1) is 0 Å². The molecule has 0 radical (unpaired) electrons. The molecule has 0 saturated carbocycles. The van der Waals surface area contributed by atoms with Crippen LogP contribution in [0.25, 0.3) is 5.65 Å². The number of imidazole rings is 1. The van der Waals surface area contributed by atoms with E-state index in [4.69, 9.17) is 11.6 Å². The van der Waals surface area contributed by atoms with Crippen molar-refractivity contribution >= 4 is 29.2 Å². The third-order valence-electron chi connectivity index (χ3n) is 4.43. The number of hydrogen-bond donors (Lipinski definition) is 1. The highest BCUT2D eigenvalue weighted by Crippen LogP contribution is 2.30. The second-order valence-corrected chi connectivity index (χ2v) is 6.59. The van der Waals surface area contributed by atoms with Gasteiger partial charge in [-0.3, -0.25) is 9.69 Å². The minimum atomic E-state index is -1.11. The van der Waals surface area contributed by atoms with Crippen LogP contribution in [0.15, 0.2) is 54.9 Å². The lowest BCUT2D eigenvalue weighted by atomic mass is 9.92. The van der Waals surface area contributed by atoms with Crippen molar-refractivity contribution in [3.05, 3.63) is 71.1 Å². The number of carbonyl (C=O) groups is 2. The number of nitrogens with zero attached hydrogens (tertiary/aromatic N) is 3. The summed E-state index contributed by atoms with van der Waals surface area (Å²) >= 11 is 5.91. The van der Waals surface area contributed by atoms with Gasteiger partial charge >= 0.3 is 6.03 Å². The number of fused-ring (bicyclic) bond motifs is 1. The van der Waals surface area contributed by atoms with E-state index in [1.165, 1.54) is 4.90 Å². The highest BCUT2D eigenvalue weighted by Gasteiger charge is 2.49. The smallest absolute Gasteiger partial charge is 0.319 e. The van der Waals surface area contributed by atoms with Gasteiger partial charge in [0.1, 0.15) is 11.2 Å². The van der Waals surface area contributed by atoms with Gasteiger partial charge in [-0.1, -0.05) is 29.8 Å². The number of hydrogen-bond acceptors (Lipinski definition) is 3. The first-order valence-electron chi connectivity index (χ1n) is 7.80. The number of aromatic nitrogens is 2. The van der Waals surface area contributed by atoms with E-state index in [0.29, 0.717) is 16.3 Å². The Morgan fingerprint density at radius 2 is 1.92 bits per heavy atom. The summed E-state index contributed by atoms with van der Waals surface area (Å²) in [6.45, 7) is 1.82. The van der Waals surface area contributed by atoms with Gasteiger partial charge in [0.25, 0.3) is 5.91 Å². The Morgan fingerprint density at radius 1 is 1.16 bits per heavy atom. The van der Waals surface area contributed by atoms with E-state index in [1.54, 1.807) is 31.2 Å². The number of amides is 3. The predicted molar refractivity (Wildman–Crippen MR) is 93.1 cm³/mol. The highest BCUT2D eigenvalue weighted by molar-refractivity contribution is 6.30. The molecule has 1 saturated heterocycles. The van der Waals surface area contributed by atoms with Gasteiger partial charge in [-0.05, 0) is 36.8 Å². The Bertz CT molecular complexity index is 949. The zero-order valence-electron chi connectivity index (χ0n) is 13.4. The van der Waals surface area contributed by atoms with Crippen molar-refractivity contribution < 1.29 is 9.59 Å². The largest absolute Gasteiger partial charge is 0.325 e. The minimum Gasteiger partial charge on any atom is -0.319 e. The van der Waals surface area contributed by atoms with Crippen LogP contribution in [0.3, 0.4) is 0 Å². The van der Waals surface area contributed by atoms with Crippen molar-refractivity contribution in [2.24, 2.45) is 0 Å². The number of imide groups is 1. The normalized spacial score (nSPS) is 20.3. The van der Waals surface area contributed by atoms with Gasteiger partial charge in [0, 0.05) is 17.4 Å². The lowest BCUT2D eigenvalue weighted by Gasteiger charge is -2.22.